The molecule has 2 saturated heterocycles. The summed E-state index contributed by atoms with van der Waals surface area (Å²) in [4.78, 5) is 27.5. The highest BCUT2D eigenvalue weighted by Crippen LogP contribution is 2.30. The fourth-order valence-corrected chi connectivity index (χ4v) is 6.53. The van der Waals surface area contributed by atoms with Crippen LogP contribution in [-0.4, -0.2) is 77.9 Å². The Balaban J connectivity index is 1.05. The minimum Gasteiger partial charge on any atom is -0.346 e. The van der Waals surface area contributed by atoms with E-state index in [1.807, 2.05) is 10.3 Å². The topological polar surface area (TPSA) is 42.9 Å². The molecule has 0 saturated carbocycles. The second-order valence-corrected chi connectivity index (χ2v) is 11.2. The summed E-state index contributed by atoms with van der Waals surface area (Å²) in [6.45, 7) is 7.95. The Morgan fingerprint density at radius 2 is 1.28 bits per heavy atom. The van der Waals surface area contributed by atoms with Crippen LogP contribution in [0.4, 0.5) is 5.13 Å². The van der Waals surface area contributed by atoms with Gasteiger partial charge in [0.2, 0.25) is 0 Å². The van der Waals surface area contributed by atoms with Crippen molar-refractivity contribution < 1.29 is 4.79 Å². The van der Waals surface area contributed by atoms with E-state index in [-0.39, 0.29) is 11.9 Å². The number of nitrogens with zero attached hydrogens (tertiary/aromatic N) is 5. The van der Waals surface area contributed by atoms with Crippen molar-refractivity contribution in [3.8, 4) is 0 Å². The molecular formula is C32H35N5OS. The van der Waals surface area contributed by atoms with Crippen molar-refractivity contribution in [2.45, 2.75) is 12.6 Å². The molecule has 0 N–H and O–H groups in total. The molecule has 0 radical (unpaired) electrons. The predicted molar refractivity (Wildman–Crippen MR) is 158 cm³/mol. The minimum atomic E-state index is 0.0517. The van der Waals surface area contributed by atoms with Gasteiger partial charge in [-0.3, -0.25) is 14.6 Å². The molecule has 2 fully saturated rings. The van der Waals surface area contributed by atoms with Crippen molar-refractivity contribution in [1.29, 1.82) is 0 Å². The monoisotopic (exact) mass is 537 g/mol. The fourth-order valence-electron chi connectivity index (χ4n) is 5.68. The standard InChI is InChI=1S/C32H35N5OS/c38-31(29-25-39-32(33-29)37-18-16-34(17-19-37)24-26-10-4-1-5-11-26)36-22-20-35(21-23-36)30(27-12-6-2-7-13-27)28-14-8-3-9-15-28/h1-15,25,30H,16-24H2. The Hall–Kier alpha value is -3.52. The van der Waals surface area contributed by atoms with Crippen molar-refractivity contribution in [2.24, 2.45) is 0 Å². The van der Waals surface area contributed by atoms with E-state index in [0.29, 0.717) is 18.8 Å². The van der Waals surface area contributed by atoms with E-state index in [4.69, 9.17) is 4.98 Å². The molecule has 2 aliphatic heterocycles. The zero-order chi connectivity index (χ0) is 26.4. The van der Waals surface area contributed by atoms with Gasteiger partial charge in [0.1, 0.15) is 5.69 Å². The maximum atomic E-state index is 13.4. The quantitative estimate of drug-likeness (QED) is 0.332. The molecule has 4 aromatic rings. The molecule has 6 nitrogen and oxygen atoms in total. The maximum absolute atomic E-state index is 13.4. The Morgan fingerprint density at radius 3 is 1.87 bits per heavy atom. The number of aromatic nitrogens is 1. The number of thiazole rings is 1. The zero-order valence-electron chi connectivity index (χ0n) is 22.2. The van der Waals surface area contributed by atoms with E-state index in [2.05, 4.69) is 106 Å². The minimum absolute atomic E-state index is 0.0517. The van der Waals surface area contributed by atoms with Crippen LogP contribution in [0, 0.1) is 0 Å². The molecule has 1 amide bonds. The molecule has 0 spiro atoms. The molecule has 39 heavy (non-hydrogen) atoms. The lowest BCUT2D eigenvalue weighted by molar-refractivity contribution is 0.0592. The van der Waals surface area contributed by atoms with Crippen LogP contribution >= 0.6 is 11.3 Å². The van der Waals surface area contributed by atoms with Crippen molar-refractivity contribution in [1.82, 2.24) is 19.7 Å². The number of hydrogen-bond acceptors (Lipinski definition) is 6. The summed E-state index contributed by atoms with van der Waals surface area (Å²) in [5.41, 5.74) is 4.51. The highest BCUT2D eigenvalue weighted by molar-refractivity contribution is 7.13. The highest BCUT2D eigenvalue weighted by Gasteiger charge is 2.30. The van der Waals surface area contributed by atoms with Crippen LogP contribution < -0.4 is 4.90 Å². The lowest BCUT2D eigenvalue weighted by atomic mass is 9.96. The molecule has 200 valence electrons. The van der Waals surface area contributed by atoms with Crippen LogP contribution in [-0.2, 0) is 6.54 Å². The first kappa shape index (κ1) is 25.7. The highest BCUT2D eigenvalue weighted by atomic mass is 32.1. The first-order chi connectivity index (χ1) is 19.2. The lowest BCUT2D eigenvalue weighted by Crippen LogP contribution is -2.50. The van der Waals surface area contributed by atoms with Crippen LogP contribution in [0.1, 0.15) is 33.2 Å². The van der Waals surface area contributed by atoms with Crippen LogP contribution in [0.25, 0.3) is 0 Å². The number of hydrogen-bond donors (Lipinski definition) is 0. The maximum Gasteiger partial charge on any atom is 0.273 e. The van der Waals surface area contributed by atoms with Crippen LogP contribution in [0.15, 0.2) is 96.4 Å². The van der Waals surface area contributed by atoms with E-state index in [1.165, 1.54) is 16.7 Å². The summed E-state index contributed by atoms with van der Waals surface area (Å²) in [6.07, 6.45) is 0. The average molecular weight is 538 g/mol. The molecular weight excluding hydrogens is 502 g/mol. The summed E-state index contributed by atoms with van der Waals surface area (Å²) < 4.78 is 0. The molecule has 0 atom stereocenters. The van der Waals surface area contributed by atoms with Crippen LogP contribution in [0.2, 0.25) is 0 Å². The predicted octanol–water partition coefficient (Wildman–Crippen LogP) is 5.01. The summed E-state index contributed by atoms with van der Waals surface area (Å²) in [5, 5.41) is 2.90. The normalized spacial score (nSPS) is 17.1. The molecule has 7 heteroatoms. The molecule has 6 rings (SSSR count). The Kier molecular flexibility index (Phi) is 8.00. The second kappa shape index (κ2) is 12.1. The third kappa shape index (κ3) is 6.06. The van der Waals surface area contributed by atoms with Gasteiger partial charge in [-0.25, -0.2) is 4.98 Å². The van der Waals surface area contributed by atoms with Crippen molar-refractivity contribution >= 4 is 22.4 Å². The third-order valence-corrected chi connectivity index (χ3v) is 8.70. The summed E-state index contributed by atoms with van der Waals surface area (Å²) in [7, 11) is 0. The van der Waals surface area contributed by atoms with Crippen LogP contribution in [0.3, 0.4) is 0 Å². The SMILES string of the molecule is O=C(c1csc(N2CCN(Cc3ccccc3)CC2)n1)N1CCN(C(c2ccccc2)c2ccccc2)CC1. The average Bonchev–Trinajstić information content (AvgIpc) is 3.50. The van der Waals surface area contributed by atoms with E-state index >= 15 is 0 Å². The Labute approximate surface area is 235 Å². The van der Waals surface area contributed by atoms with Gasteiger partial charge in [0.05, 0.1) is 6.04 Å². The number of carbonyl (C=O) groups is 1. The number of benzene rings is 3. The number of carbonyl (C=O) groups excluding carboxylic acids is 1. The molecule has 0 unspecified atom stereocenters. The number of piperazine rings is 2. The van der Waals surface area contributed by atoms with Gasteiger partial charge < -0.3 is 9.80 Å². The van der Waals surface area contributed by atoms with Gasteiger partial charge in [0.15, 0.2) is 5.13 Å². The van der Waals surface area contributed by atoms with Gasteiger partial charge in [-0.1, -0.05) is 91.0 Å². The lowest BCUT2D eigenvalue weighted by Gasteiger charge is -2.39. The van der Waals surface area contributed by atoms with E-state index in [1.54, 1.807) is 11.3 Å². The molecule has 0 bridgehead atoms. The Morgan fingerprint density at radius 1 is 0.718 bits per heavy atom. The first-order valence-corrected chi connectivity index (χ1v) is 14.7. The largest absolute Gasteiger partial charge is 0.346 e. The van der Waals surface area contributed by atoms with Gasteiger partial charge >= 0.3 is 0 Å². The summed E-state index contributed by atoms with van der Waals surface area (Å²) >= 11 is 1.59. The van der Waals surface area contributed by atoms with Gasteiger partial charge in [-0.05, 0) is 16.7 Å². The van der Waals surface area contributed by atoms with E-state index < -0.39 is 0 Å². The molecule has 3 aromatic carbocycles. The molecule has 0 aliphatic carbocycles. The molecule has 3 heterocycles. The van der Waals surface area contributed by atoms with Crippen molar-refractivity contribution in [2.75, 3.05) is 57.3 Å². The van der Waals surface area contributed by atoms with Gasteiger partial charge in [0.25, 0.3) is 5.91 Å². The third-order valence-electron chi connectivity index (χ3n) is 7.80. The first-order valence-electron chi connectivity index (χ1n) is 13.8. The molecule has 2 aliphatic rings. The number of rotatable bonds is 7. The van der Waals surface area contributed by atoms with Gasteiger partial charge in [-0.2, -0.15) is 0 Å². The number of amides is 1. The van der Waals surface area contributed by atoms with Crippen LogP contribution in [0.5, 0.6) is 0 Å². The van der Waals surface area contributed by atoms with Crippen molar-refractivity contribution in [3.63, 3.8) is 0 Å². The molecule has 1 aromatic heterocycles. The van der Waals surface area contributed by atoms with Gasteiger partial charge in [0, 0.05) is 64.3 Å². The zero-order valence-corrected chi connectivity index (χ0v) is 23.0. The Bertz CT molecular complexity index is 1290. The van der Waals surface area contributed by atoms with Crippen molar-refractivity contribution in [3.05, 3.63) is 119 Å². The number of anilines is 1. The van der Waals surface area contributed by atoms with E-state index in [0.717, 1.165) is 50.9 Å². The fraction of sp³-hybridized carbons (Fsp3) is 0.312. The van der Waals surface area contributed by atoms with Gasteiger partial charge in [-0.15, -0.1) is 11.3 Å². The smallest absolute Gasteiger partial charge is 0.273 e. The summed E-state index contributed by atoms with van der Waals surface area (Å²) in [5.74, 6) is 0.0517. The van der Waals surface area contributed by atoms with E-state index in [9.17, 15) is 4.79 Å². The second-order valence-electron chi connectivity index (χ2n) is 10.3. The summed E-state index contributed by atoms with van der Waals surface area (Å²) in [6, 6.07) is 32.2.